The van der Waals surface area contributed by atoms with Crippen LogP contribution < -0.4 is 10.6 Å². The fourth-order valence-electron chi connectivity index (χ4n) is 2.73. The minimum Gasteiger partial charge on any atom is -0.356 e. The SMILES string of the molecule is CN=C(NCCCN1CCCN(C)CC1)NCc1ccccn1.I. The molecule has 0 unspecified atom stereocenters. The van der Waals surface area contributed by atoms with Crippen LogP contribution in [-0.2, 0) is 6.54 Å². The van der Waals surface area contributed by atoms with Crippen molar-refractivity contribution in [3.05, 3.63) is 30.1 Å². The number of hydrogen-bond donors (Lipinski definition) is 2. The minimum atomic E-state index is 0. The summed E-state index contributed by atoms with van der Waals surface area (Å²) < 4.78 is 0. The Morgan fingerprint density at radius 2 is 2.08 bits per heavy atom. The van der Waals surface area contributed by atoms with Crippen LogP contribution in [-0.4, -0.2) is 74.1 Å². The highest BCUT2D eigenvalue weighted by Gasteiger charge is 2.11. The van der Waals surface area contributed by atoms with Gasteiger partial charge in [0.1, 0.15) is 0 Å². The van der Waals surface area contributed by atoms with Gasteiger partial charge in [-0.2, -0.15) is 0 Å². The lowest BCUT2D eigenvalue weighted by Gasteiger charge is -2.20. The predicted octanol–water partition coefficient (Wildman–Crippen LogP) is 1.39. The highest BCUT2D eigenvalue weighted by Crippen LogP contribution is 2.01. The third kappa shape index (κ3) is 8.25. The van der Waals surface area contributed by atoms with Crippen LogP contribution in [0.15, 0.2) is 29.4 Å². The van der Waals surface area contributed by atoms with E-state index in [9.17, 15) is 0 Å². The standard InChI is InChI=1S/C17H30N6.HI/c1-18-17(21-15-16-7-3-4-8-19-16)20-9-5-11-23-12-6-10-22(2)13-14-23;/h3-4,7-8H,5-6,9-15H2,1-2H3,(H2,18,20,21);1H. The van der Waals surface area contributed by atoms with Crippen LogP contribution in [0.4, 0.5) is 0 Å². The van der Waals surface area contributed by atoms with E-state index in [2.05, 4.69) is 37.5 Å². The van der Waals surface area contributed by atoms with Crippen LogP contribution in [0.3, 0.4) is 0 Å². The van der Waals surface area contributed by atoms with Crippen molar-refractivity contribution >= 4 is 29.9 Å². The van der Waals surface area contributed by atoms with Gasteiger partial charge in [-0.05, 0) is 51.7 Å². The summed E-state index contributed by atoms with van der Waals surface area (Å²) >= 11 is 0. The van der Waals surface area contributed by atoms with Crippen molar-refractivity contribution in [1.82, 2.24) is 25.4 Å². The van der Waals surface area contributed by atoms with E-state index >= 15 is 0 Å². The number of halogens is 1. The van der Waals surface area contributed by atoms with Crippen molar-refractivity contribution in [3.8, 4) is 0 Å². The zero-order chi connectivity index (χ0) is 16.3. The Bertz CT molecular complexity index is 467. The molecular formula is C17H31IN6. The fraction of sp³-hybridized carbons (Fsp3) is 0.647. The second-order valence-corrected chi connectivity index (χ2v) is 6.03. The first-order chi connectivity index (χ1) is 11.3. The molecule has 1 saturated heterocycles. The van der Waals surface area contributed by atoms with Gasteiger partial charge in [0.15, 0.2) is 5.96 Å². The Hall–Kier alpha value is -0.930. The first-order valence-corrected chi connectivity index (χ1v) is 8.53. The molecule has 0 atom stereocenters. The number of aliphatic imine (C=N–C) groups is 1. The quantitative estimate of drug-likeness (QED) is 0.300. The third-order valence-electron chi connectivity index (χ3n) is 4.14. The Morgan fingerprint density at radius 1 is 1.21 bits per heavy atom. The van der Waals surface area contributed by atoms with Gasteiger partial charge in [0, 0.05) is 32.9 Å². The monoisotopic (exact) mass is 446 g/mol. The van der Waals surface area contributed by atoms with E-state index < -0.39 is 0 Å². The molecule has 0 aliphatic carbocycles. The molecule has 6 nitrogen and oxygen atoms in total. The van der Waals surface area contributed by atoms with Gasteiger partial charge in [0.05, 0.1) is 12.2 Å². The summed E-state index contributed by atoms with van der Waals surface area (Å²) in [5.74, 6) is 0.839. The zero-order valence-corrected chi connectivity index (χ0v) is 17.2. The summed E-state index contributed by atoms with van der Waals surface area (Å²) in [6.07, 6.45) is 4.22. The fourth-order valence-corrected chi connectivity index (χ4v) is 2.73. The molecule has 2 heterocycles. The highest BCUT2D eigenvalue weighted by molar-refractivity contribution is 14.0. The van der Waals surface area contributed by atoms with Gasteiger partial charge in [-0.25, -0.2) is 0 Å². The Kier molecular flexibility index (Phi) is 10.9. The minimum absolute atomic E-state index is 0. The van der Waals surface area contributed by atoms with Gasteiger partial charge in [0.25, 0.3) is 0 Å². The Morgan fingerprint density at radius 3 is 2.83 bits per heavy atom. The molecule has 2 rings (SSSR count). The topological polar surface area (TPSA) is 55.8 Å². The van der Waals surface area contributed by atoms with Crippen molar-refractivity contribution in [2.24, 2.45) is 4.99 Å². The summed E-state index contributed by atoms with van der Waals surface area (Å²) in [6, 6.07) is 5.94. The first-order valence-electron chi connectivity index (χ1n) is 8.53. The molecule has 1 aliphatic heterocycles. The van der Waals surface area contributed by atoms with Gasteiger partial charge in [-0.1, -0.05) is 6.07 Å². The number of pyridine rings is 1. The van der Waals surface area contributed by atoms with Crippen molar-refractivity contribution in [2.45, 2.75) is 19.4 Å². The number of likely N-dealkylation sites (N-methyl/N-ethyl adjacent to an activating group) is 1. The highest BCUT2D eigenvalue weighted by atomic mass is 127. The zero-order valence-electron chi connectivity index (χ0n) is 14.9. The van der Waals surface area contributed by atoms with Gasteiger partial charge >= 0.3 is 0 Å². The maximum absolute atomic E-state index is 4.30. The number of aromatic nitrogens is 1. The predicted molar refractivity (Wildman–Crippen MR) is 111 cm³/mol. The molecule has 24 heavy (non-hydrogen) atoms. The van der Waals surface area contributed by atoms with Gasteiger partial charge < -0.3 is 20.4 Å². The normalized spacial score (nSPS) is 17.0. The van der Waals surface area contributed by atoms with Gasteiger partial charge in [-0.3, -0.25) is 9.98 Å². The number of hydrogen-bond acceptors (Lipinski definition) is 4. The molecule has 1 fully saturated rings. The maximum Gasteiger partial charge on any atom is 0.191 e. The van der Waals surface area contributed by atoms with E-state index in [-0.39, 0.29) is 24.0 Å². The molecule has 1 aromatic heterocycles. The Labute approximate surface area is 163 Å². The van der Waals surface area contributed by atoms with Crippen LogP contribution in [0.5, 0.6) is 0 Å². The molecule has 136 valence electrons. The van der Waals surface area contributed by atoms with E-state index in [0.717, 1.165) is 31.2 Å². The molecule has 0 amide bonds. The lowest BCUT2D eigenvalue weighted by atomic mass is 10.3. The van der Waals surface area contributed by atoms with Crippen molar-refractivity contribution in [1.29, 1.82) is 0 Å². The third-order valence-corrected chi connectivity index (χ3v) is 4.14. The van der Waals surface area contributed by atoms with E-state index in [4.69, 9.17) is 0 Å². The van der Waals surface area contributed by atoms with Crippen LogP contribution in [0.25, 0.3) is 0 Å². The summed E-state index contributed by atoms with van der Waals surface area (Å²) in [7, 11) is 4.01. The van der Waals surface area contributed by atoms with Crippen LogP contribution >= 0.6 is 24.0 Å². The van der Waals surface area contributed by atoms with Crippen molar-refractivity contribution in [3.63, 3.8) is 0 Å². The molecular weight excluding hydrogens is 415 g/mol. The van der Waals surface area contributed by atoms with Crippen LogP contribution in [0.1, 0.15) is 18.5 Å². The second kappa shape index (κ2) is 12.4. The maximum atomic E-state index is 4.30. The first kappa shape index (κ1) is 21.1. The number of guanidine groups is 1. The molecule has 1 aromatic rings. The molecule has 1 aliphatic rings. The molecule has 0 bridgehead atoms. The molecule has 0 radical (unpaired) electrons. The Balaban J connectivity index is 0.00000288. The molecule has 7 heteroatoms. The lowest BCUT2D eigenvalue weighted by Crippen LogP contribution is -2.38. The van der Waals surface area contributed by atoms with Crippen molar-refractivity contribution in [2.75, 3.05) is 53.4 Å². The average molecular weight is 446 g/mol. The number of rotatable bonds is 6. The van der Waals surface area contributed by atoms with E-state index in [1.807, 2.05) is 24.4 Å². The summed E-state index contributed by atoms with van der Waals surface area (Å²) in [5.41, 5.74) is 1.02. The molecule has 2 N–H and O–H groups in total. The van der Waals surface area contributed by atoms with E-state index in [0.29, 0.717) is 6.54 Å². The van der Waals surface area contributed by atoms with Gasteiger partial charge in [-0.15, -0.1) is 24.0 Å². The smallest absolute Gasteiger partial charge is 0.191 e. The van der Waals surface area contributed by atoms with Crippen molar-refractivity contribution < 1.29 is 0 Å². The average Bonchev–Trinajstić information content (AvgIpc) is 2.79. The van der Waals surface area contributed by atoms with Crippen LogP contribution in [0, 0.1) is 0 Å². The van der Waals surface area contributed by atoms with Crippen LogP contribution in [0.2, 0.25) is 0 Å². The summed E-state index contributed by atoms with van der Waals surface area (Å²) in [6.45, 7) is 7.59. The summed E-state index contributed by atoms with van der Waals surface area (Å²) in [4.78, 5) is 13.5. The second-order valence-electron chi connectivity index (χ2n) is 6.03. The number of nitrogens with one attached hydrogen (secondary N) is 2. The van der Waals surface area contributed by atoms with Gasteiger partial charge in [0.2, 0.25) is 0 Å². The molecule has 0 aromatic carbocycles. The molecule has 0 spiro atoms. The van der Waals surface area contributed by atoms with E-state index in [1.54, 1.807) is 7.05 Å². The van der Waals surface area contributed by atoms with E-state index in [1.165, 1.54) is 32.6 Å². The molecule has 0 saturated carbocycles. The summed E-state index contributed by atoms with van der Waals surface area (Å²) in [5, 5.41) is 6.67. The number of nitrogens with zero attached hydrogens (tertiary/aromatic N) is 4. The largest absolute Gasteiger partial charge is 0.356 e. The lowest BCUT2D eigenvalue weighted by molar-refractivity contribution is 0.274.